The summed E-state index contributed by atoms with van der Waals surface area (Å²) in [6.45, 7) is 0.0838. The van der Waals surface area contributed by atoms with E-state index in [0.29, 0.717) is 34.1 Å². The van der Waals surface area contributed by atoms with Crippen LogP contribution in [0.3, 0.4) is 0 Å². The number of para-hydroxylation sites is 2. The van der Waals surface area contributed by atoms with E-state index in [1.165, 1.54) is 13.3 Å². The van der Waals surface area contributed by atoms with Crippen LogP contribution in [0.2, 0.25) is 0 Å². The van der Waals surface area contributed by atoms with Gasteiger partial charge in [0.05, 0.1) is 26.0 Å². The first-order chi connectivity index (χ1) is 16.6. The number of benzene rings is 3. The maximum absolute atomic E-state index is 12.4. The van der Waals surface area contributed by atoms with Gasteiger partial charge in [-0.05, 0) is 60.2 Å². The van der Waals surface area contributed by atoms with Crippen molar-refractivity contribution in [3.8, 4) is 28.7 Å². The number of hydrogen-bond donors (Lipinski definition) is 1. The third kappa shape index (κ3) is 5.26. The van der Waals surface area contributed by atoms with Crippen molar-refractivity contribution < 1.29 is 33.3 Å². The molecule has 0 aromatic heterocycles. The molecule has 0 fully saturated rings. The van der Waals surface area contributed by atoms with Gasteiger partial charge in [0.1, 0.15) is 12.4 Å². The minimum absolute atomic E-state index is 0.0838. The maximum atomic E-state index is 12.4. The molecule has 174 valence electrons. The molecule has 0 bridgehead atoms. The van der Waals surface area contributed by atoms with Crippen molar-refractivity contribution in [1.29, 1.82) is 0 Å². The Hall–Kier alpha value is -4.53. The molecule has 0 saturated heterocycles. The Labute approximate surface area is 195 Å². The van der Waals surface area contributed by atoms with Crippen molar-refractivity contribution in [2.45, 2.75) is 6.10 Å². The van der Waals surface area contributed by atoms with Gasteiger partial charge in [0, 0.05) is 0 Å². The Morgan fingerprint density at radius 1 is 0.971 bits per heavy atom. The summed E-state index contributed by atoms with van der Waals surface area (Å²) in [7, 11) is 3.01. The van der Waals surface area contributed by atoms with Crippen molar-refractivity contribution in [3.63, 3.8) is 0 Å². The average molecular weight is 462 g/mol. The highest BCUT2D eigenvalue weighted by Gasteiger charge is 2.27. The van der Waals surface area contributed by atoms with Gasteiger partial charge in [0.25, 0.3) is 5.91 Å². The molecule has 1 amide bonds. The summed E-state index contributed by atoms with van der Waals surface area (Å²) in [5.74, 6) is 1.33. The number of amides is 1. The highest BCUT2D eigenvalue weighted by molar-refractivity contribution is 5.92. The van der Waals surface area contributed by atoms with Crippen LogP contribution in [0.5, 0.6) is 28.7 Å². The highest BCUT2D eigenvalue weighted by Crippen LogP contribution is 2.31. The number of carbonyl (C=O) groups is 2. The van der Waals surface area contributed by atoms with Gasteiger partial charge in [-0.25, -0.2) is 10.2 Å². The number of hydrogen-bond acceptors (Lipinski definition) is 8. The Balaban J connectivity index is 1.36. The van der Waals surface area contributed by atoms with Crippen LogP contribution in [0, 0.1) is 0 Å². The number of methoxy groups -OCH3 is 2. The normalized spacial score (nSPS) is 14.4. The van der Waals surface area contributed by atoms with Crippen LogP contribution in [-0.4, -0.2) is 45.0 Å². The summed E-state index contributed by atoms with van der Waals surface area (Å²) >= 11 is 0. The van der Waals surface area contributed by atoms with Crippen LogP contribution >= 0.6 is 0 Å². The van der Waals surface area contributed by atoms with Crippen LogP contribution in [0.4, 0.5) is 0 Å². The Bertz CT molecular complexity index is 1210. The standard InChI is InChI=1S/C25H22N2O7/c1-30-18-10-8-17(9-11-18)25(29)34-21-12-7-16(13-22(21)31-2)14-26-27-24(28)23-15-32-19-5-3-4-6-20(19)33-23/h3-14,23H,15H2,1-2H3,(H,27,28). The lowest BCUT2D eigenvalue weighted by molar-refractivity contribution is -0.130. The largest absolute Gasteiger partial charge is 0.497 e. The van der Waals surface area contributed by atoms with Crippen LogP contribution in [0.1, 0.15) is 15.9 Å². The van der Waals surface area contributed by atoms with Gasteiger partial charge < -0.3 is 23.7 Å². The van der Waals surface area contributed by atoms with Gasteiger partial charge in [-0.1, -0.05) is 12.1 Å². The van der Waals surface area contributed by atoms with Crippen molar-refractivity contribution in [1.82, 2.24) is 5.43 Å². The van der Waals surface area contributed by atoms with Gasteiger partial charge in [-0.3, -0.25) is 4.79 Å². The average Bonchev–Trinajstić information content (AvgIpc) is 2.89. The van der Waals surface area contributed by atoms with E-state index in [9.17, 15) is 9.59 Å². The Morgan fingerprint density at radius 2 is 1.74 bits per heavy atom. The van der Waals surface area contributed by atoms with E-state index >= 15 is 0 Å². The zero-order valence-corrected chi connectivity index (χ0v) is 18.5. The van der Waals surface area contributed by atoms with Gasteiger partial charge >= 0.3 is 5.97 Å². The molecule has 1 aliphatic heterocycles. The summed E-state index contributed by atoms with van der Waals surface area (Å²) < 4.78 is 27.1. The van der Waals surface area contributed by atoms with Crippen molar-refractivity contribution >= 4 is 18.1 Å². The SMILES string of the molecule is COc1ccc(C(=O)Oc2ccc(C=NNC(=O)C3COc4ccccc4O3)cc2OC)cc1. The van der Waals surface area contributed by atoms with Crippen LogP contribution in [0.25, 0.3) is 0 Å². The summed E-state index contributed by atoms with van der Waals surface area (Å²) in [5.41, 5.74) is 3.42. The Morgan fingerprint density at radius 3 is 2.47 bits per heavy atom. The topological polar surface area (TPSA) is 105 Å². The highest BCUT2D eigenvalue weighted by atomic mass is 16.6. The molecule has 0 aliphatic carbocycles. The lowest BCUT2D eigenvalue weighted by atomic mass is 10.2. The smallest absolute Gasteiger partial charge is 0.343 e. The third-order valence-electron chi connectivity index (χ3n) is 4.91. The van der Waals surface area contributed by atoms with E-state index in [-0.39, 0.29) is 12.4 Å². The number of fused-ring (bicyclic) bond motifs is 1. The molecule has 1 unspecified atom stereocenters. The zero-order chi connectivity index (χ0) is 23.9. The molecule has 3 aromatic carbocycles. The van der Waals surface area contributed by atoms with Crippen molar-refractivity contribution in [3.05, 3.63) is 77.9 Å². The van der Waals surface area contributed by atoms with Gasteiger partial charge in [-0.15, -0.1) is 0 Å². The number of carbonyl (C=O) groups excluding carboxylic acids is 2. The fourth-order valence-corrected chi connectivity index (χ4v) is 3.13. The first-order valence-electron chi connectivity index (χ1n) is 10.3. The summed E-state index contributed by atoms with van der Waals surface area (Å²) in [5, 5.41) is 3.97. The number of rotatable bonds is 7. The van der Waals surface area contributed by atoms with Crippen molar-refractivity contribution in [2.24, 2.45) is 5.10 Å². The summed E-state index contributed by atoms with van der Waals surface area (Å²) in [6, 6.07) is 18.6. The van der Waals surface area contributed by atoms with Crippen molar-refractivity contribution in [2.75, 3.05) is 20.8 Å². The second-order valence-electron chi connectivity index (χ2n) is 7.13. The zero-order valence-electron chi connectivity index (χ0n) is 18.5. The van der Waals surface area contributed by atoms with Crippen LogP contribution < -0.4 is 29.1 Å². The van der Waals surface area contributed by atoms with Gasteiger partial charge in [0.15, 0.2) is 23.0 Å². The second kappa shape index (κ2) is 10.4. The molecule has 0 radical (unpaired) electrons. The molecule has 0 saturated carbocycles. The first-order valence-corrected chi connectivity index (χ1v) is 10.3. The van der Waals surface area contributed by atoms with Crippen LogP contribution in [0.15, 0.2) is 71.8 Å². The molecule has 1 N–H and O–H groups in total. The molecule has 1 heterocycles. The molecule has 0 spiro atoms. The number of ether oxygens (including phenoxy) is 5. The number of nitrogens with zero attached hydrogens (tertiary/aromatic N) is 1. The molecular weight excluding hydrogens is 440 g/mol. The molecule has 1 atom stereocenters. The quantitative estimate of drug-likeness (QED) is 0.249. The predicted molar refractivity (Wildman–Crippen MR) is 123 cm³/mol. The first kappa shape index (κ1) is 22.7. The molecule has 3 aromatic rings. The summed E-state index contributed by atoms with van der Waals surface area (Å²) in [4.78, 5) is 24.8. The Kier molecular flexibility index (Phi) is 6.92. The number of nitrogens with one attached hydrogen (secondary N) is 1. The number of hydrazone groups is 1. The van der Waals surface area contributed by atoms with E-state index in [1.807, 2.05) is 6.07 Å². The van der Waals surface area contributed by atoms with Gasteiger partial charge in [-0.2, -0.15) is 5.10 Å². The van der Waals surface area contributed by atoms with E-state index < -0.39 is 18.0 Å². The van der Waals surface area contributed by atoms with E-state index in [4.69, 9.17) is 23.7 Å². The molecule has 34 heavy (non-hydrogen) atoms. The second-order valence-corrected chi connectivity index (χ2v) is 7.13. The monoisotopic (exact) mass is 462 g/mol. The van der Waals surface area contributed by atoms with Gasteiger partial charge in [0.2, 0.25) is 6.10 Å². The molecule has 4 rings (SSSR count). The van der Waals surface area contributed by atoms with Crippen LogP contribution in [-0.2, 0) is 4.79 Å². The minimum Gasteiger partial charge on any atom is -0.497 e. The third-order valence-corrected chi connectivity index (χ3v) is 4.91. The maximum Gasteiger partial charge on any atom is 0.343 e. The van der Waals surface area contributed by atoms with E-state index in [1.54, 1.807) is 67.8 Å². The number of esters is 1. The fraction of sp³-hybridized carbons (Fsp3) is 0.160. The summed E-state index contributed by atoms with van der Waals surface area (Å²) in [6.07, 6.45) is 0.619. The minimum atomic E-state index is -0.818. The lowest BCUT2D eigenvalue weighted by Crippen LogP contribution is -2.42. The molecule has 9 heteroatoms. The van der Waals surface area contributed by atoms with E-state index in [0.717, 1.165) is 0 Å². The predicted octanol–water partition coefficient (Wildman–Crippen LogP) is 3.21. The fourth-order valence-electron chi connectivity index (χ4n) is 3.13. The molecule has 9 nitrogen and oxygen atoms in total. The van der Waals surface area contributed by atoms with E-state index in [2.05, 4.69) is 10.5 Å². The molecular formula is C25H22N2O7. The lowest BCUT2D eigenvalue weighted by Gasteiger charge is -2.24. The molecule has 1 aliphatic rings.